The van der Waals surface area contributed by atoms with E-state index in [1.165, 1.54) is 6.20 Å². The Morgan fingerprint density at radius 2 is 2.35 bits per heavy atom. The monoisotopic (exact) mass is 305 g/mol. The van der Waals surface area contributed by atoms with Crippen molar-refractivity contribution in [1.29, 1.82) is 0 Å². The van der Waals surface area contributed by atoms with Gasteiger partial charge >= 0.3 is 5.69 Å². The Morgan fingerprint density at radius 1 is 1.65 bits per heavy atom. The van der Waals surface area contributed by atoms with Gasteiger partial charge in [0.2, 0.25) is 0 Å². The lowest BCUT2D eigenvalue weighted by Crippen LogP contribution is -2.29. The van der Waals surface area contributed by atoms with Crippen molar-refractivity contribution in [2.75, 3.05) is 18.2 Å². The lowest BCUT2D eigenvalue weighted by molar-refractivity contribution is -0.0460. The van der Waals surface area contributed by atoms with Crippen LogP contribution < -0.4 is 11.4 Å². The Kier molecular flexibility index (Phi) is 4.61. The first-order chi connectivity index (χ1) is 9.47. The number of nitrogens with two attached hydrogens (primary N) is 1. The number of nitrogen functional groups attached to an aromatic ring is 1. The van der Waals surface area contributed by atoms with Crippen molar-refractivity contribution in [1.82, 2.24) is 9.55 Å². The second-order valence-corrected chi connectivity index (χ2v) is 4.86. The Hall–Kier alpha value is -1.19. The Bertz CT molecular complexity index is 537. The maximum Gasteiger partial charge on any atom is 0.351 e. The van der Waals surface area contributed by atoms with Crippen LogP contribution in [0.15, 0.2) is 11.0 Å². The summed E-state index contributed by atoms with van der Waals surface area (Å²) in [4.78, 5) is 15.4. The molecule has 0 spiro atoms. The number of ether oxygens (including phenoxy) is 1. The molecule has 2 rings (SSSR count). The molecule has 5 N–H and O–H groups in total. The lowest BCUT2D eigenvalue weighted by atomic mass is 10.2. The van der Waals surface area contributed by atoms with E-state index < -0.39 is 30.2 Å². The standard InChI is InChI=1S/C11H16ClN3O5/c12-2-7(18)5-3-15(11(19)14-10(5)13)9-1-6(17)8(4-16)20-9/h3,6-9,16-18H,1-2,4H2,(H2,13,14,19)/t6-,7?,8+,9+/m0/s1. The minimum absolute atomic E-state index is 0.0997. The molecule has 1 aromatic heterocycles. The van der Waals surface area contributed by atoms with Crippen molar-refractivity contribution in [3.63, 3.8) is 0 Å². The van der Waals surface area contributed by atoms with E-state index in [2.05, 4.69) is 4.98 Å². The van der Waals surface area contributed by atoms with E-state index in [1.807, 2.05) is 0 Å². The summed E-state index contributed by atoms with van der Waals surface area (Å²) in [5.41, 5.74) is 5.12. The molecule has 1 saturated heterocycles. The molecule has 112 valence electrons. The van der Waals surface area contributed by atoms with Crippen molar-refractivity contribution < 1.29 is 20.1 Å². The number of aromatic nitrogens is 2. The molecule has 1 aliphatic heterocycles. The molecule has 8 nitrogen and oxygen atoms in total. The van der Waals surface area contributed by atoms with Crippen molar-refractivity contribution in [3.8, 4) is 0 Å². The molecular formula is C11H16ClN3O5. The summed E-state index contributed by atoms with van der Waals surface area (Å²) in [6, 6.07) is 0. The zero-order valence-corrected chi connectivity index (χ0v) is 11.3. The van der Waals surface area contributed by atoms with E-state index in [4.69, 9.17) is 27.2 Å². The van der Waals surface area contributed by atoms with Gasteiger partial charge in [-0.25, -0.2) is 4.79 Å². The summed E-state index contributed by atoms with van der Waals surface area (Å²) in [5, 5.41) is 28.4. The van der Waals surface area contributed by atoms with Gasteiger partial charge in [0.15, 0.2) is 0 Å². The minimum atomic E-state index is -1.06. The van der Waals surface area contributed by atoms with Gasteiger partial charge in [0.25, 0.3) is 0 Å². The zero-order chi connectivity index (χ0) is 14.9. The molecule has 9 heteroatoms. The number of rotatable bonds is 4. The molecule has 1 fully saturated rings. The van der Waals surface area contributed by atoms with Crippen molar-refractivity contribution in [3.05, 3.63) is 22.2 Å². The van der Waals surface area contributed by atoms with Crippen LogP contribution in [0.4, 0.5) is 5.82 Å². The molecule has 0 saturated carbocycles. The highest BCUT2D eigenvalue weighted by molar-refractivity contribution is 6.18. The fourth-order valence-electron chi connectivity index (χ4n) is 2.09. The van der Waals surface area contributed by atoms with Gasteiger partial charge in [-0.1, -0.05) is 0 Å². The van der Waals surface area contributed by atoms with Crippen LogP contribution in [-0.2, 0) is 4.74 Å². The average Bonchev–Trinajstić information content (AvgIpc) is 2.79. The Balaban J connectivity index is 2.35. The van der Waals surface area contributed by atoms with Gasteiger partial charge in [-0.2, -0.15) is 4.98 Å². The van der Waals surface area contributed by atoms with E-state index >= 15 is 0 Å². The van der Waals surface area contributed by atoms with Crippen LogP contribution in [0.3, 0.4) is 0 Å². The fraction of sp³-hybridized carbons (Fsp3) is 0.636. The molecule has 1 unspecified atom stereocenters. The van der Waals surface area contributed by atoms with Crippen LogP contribution in [0.1, 0.15) is 24.3 Å². The van der Waals surface area contributed by atoms with Gasteiger partial charge in [0, 0.05) is 18.2 Å². The summed E-state index contributed by atoms with van der Waals surface area (Å²) in [6.07, 6.45) is -2.02. The molecule has 2 heterocycles. The summed E-state index contributed by atoms with van der Waals surface area (Å²) < 4.78 is 6.49. The van der Waals surface area contributed by atoms with Crippen molar-refractivity contribution >= 4 is 17.4 Å². The number of hydrogen-bond acceptors (Lipinski definition) is 7. The molecule has 0 bridgehead atoms. The van der Waals surface area contributed by atoms with Gasteiger partial charge in [0.1, 0.15) is 18.1 Å². The molecule has 20 heavy (non-hydrogen) atoms. The molecule has 0 aliphatic carbocycles. The van der Waals surface area contributed by atoms with E-state index in [1.54, 1.807) is 0 Å². The number of alkyl halides is 1. The summed E-state index contributed by atoms with van der Waals surface area (Å²) in [6.45, 7) is -0.355. The molecule has 0 radical (unpaired) electrons. The second kappa shape index (κ2) is 6.06. The highest BCUT2D eigenvalue weighted by Gasteiger charge is 2.35. The normalized spacial score (nSPS) is 27.7. The maximum absolute atomic E-state index is 11.8. The highest BCUT2D eigenvalue weighted by Crippen LogP contribution is 2.28. The quantitative estimate of drug-likeness (QED) is 0.510. The van der Waals surface area contributed by atoms with Crippen LogP contribution in [0.5, 0.6) is 0 Å². The number of aliphatic hydroxyl groups is 3. The van der Waals surface area contributed by atoms with Gasteiger partial charge in [-0.05, 0) is 0 Å². The van der Waals surface area contributed by atoms with Crippen LogP contribution in [0.25, 0.3) is 0 Å². The maximum atomic E-state index is 11.8. The largest absolute Gasteiger partial charge is 0.394 e. The van der Waals surface area contributed by atoms with Gasteiger partial charge in [-0.3, -0.25) is 4.57 Å². The van der Waals surface area contributed by atoms with Crippen LogP contribution >= 0.6 is 11.6 Å². The Labute approximate surface area is 119 Å². The summed E-state index contributed by atoms with van der Waals surface area (Å²) in [5.74, 6) is -0.200. The topological polar surface area (TPSA) is 131 Å². The molecule has 0 amide bonds. The molecule has 1 aliphatic rings. The minimum Gasteiger partial charge on any atom is -0.394 e. The average molecular weight is 306 g/mol. The number of nitrogens with zero attached hydrogens (tertiary/aromatic N) is 2. The highest BCUT2D eigenvalue weighted by atomic mass is 35.5. The third-order valence-electron chi connectivity index (χ3n) is 3.21. The zero-order valence-electron chi connectivity index (χ0n) is 10.5. The first kappa shape index (κ1) is 15.2. The Morgan fingerprint density at radius 3 is 2.90 bits per heavy atom. The number of anilines is 1. The third-order valence-corrected chi connectivity index (χ3v) is 3.50. The van der Waals surface area contributed by atoms with Crippen molar-refractivity contribution in [2.45, 2.75) is 31.0 Å². The lowest BCUT2D eigenvalue weighted by Gasteiger charge is -2.17. The number of hydrogen-bond donors (Lipinski definition) is 4. The smallest absolute Gasteiger partial charge is 0.351 e. The second-order valence-electron chi connectivity index (χ2n) is 4.56. The molecular weight excluding hydrogens is 290 g/mol. The number of halogens is 1. The molecule has 1 aromatic rings. The van der Waals surface area contributed by atoms with Gasteiger partial charge in [0.05, 0.1) is 24.7 Å². The van der Waals surface area contributed by atoms with Gasteiger partial charge < -0.3 is 25.8 Å². The van der Waals surface area contributed by atoms with E-state index in [0.717, 1.165) is 4.57 Å². The predicted octanol–water partition coefficient (Wildman–Crippen LogP) is -1.26. The van der Waals surface area contributed by atoms with Crippen LogP contribution in [0, 0.1) is 0 Å². The SMILES string of the molecule is Nc1nc(=O)n([C@H]2C[C@H](O)[C@@H](CO)O2)cc1C(O)CCl. The predicted molar refractivity (Wildman–Crippen MR) is 70.2 cm³/mol. The molecule has 0 aromatic carbocycles. The van der Waals surface area contributed by atoms with Gasteiger partial charge in [-0.15, -0.1) is 11.6 Å². The van der Waals surface area contributed by atoms with E-state index in [0.29, 0.717) is 0 Å². The van der Waals surface area contributed by atoms with Crippen molar-refractivity contribution in [2.24, 2.45) is 0 Å². The summed E-state index contributed by atoms with van der Waals surface area (Å²) >= 11 is 5.55. The summed E-state index contributed by atoms with van der Waals surface area (Å²) in [7, 11) is 0. The van der Waals surface area contributed by atoms with Crippen LogP contribution in [0.2, 0.25) is 0 Å². The molecule has 4 atom stereocenters. The number of aliphatic hydroxyl groups excluding tert-OH is 3. The first-order valence-corrected chi connectivity index (χ1v) is 6.58. The van der Waals surface area contributed by atoms with E-state index in [-0.39, 0.29) is 30.3 Å². The first-order valence-electron chi connectivity index (χ1n) is 6.04. The van der Waals surface area contributed by atoms with Crippen LogP contribution in [-0.4, -0.2) is 49.6 Å². The van der Waals surface area contributed by atoms with E-state index in [9.17, 15) is 15.0 Å². The fourth-order valence-corrected chi connectivity index (χ4v) is 2.26. The third kappa shape index (κ3) is 2.79.